The fraction of sp³-hybridized carbons (Fsp3) is 0.438. The maximum absolute atomic E-state index is 12.6. The zero-order valence-corrected chi connectivity index (χ0v) is 14.4. The highest BCUT2D eigenvalue weighted by Gasteiger charge is 2.32. The van der Waals surface area contributed by atoms with Crippen molar-refractivity contribution in [3.05, 3.63) is 34.5 Å². The van der Waals surface area contributed by atoms with Gasteiger partial charge in [-0.25, -0.2) is 0 Å². The Labute approximate surface area is 145 Å². The molecule has 0 spiro atoms. The molecule has 1 aliphatic rings. The van der Waals surface area contributed by atoms with Crippen molar-refractivity contribution in [1.29, 1.82) is 0 Å². The average Bonchev–Trinajstić information content (AvgIpc) is 2.77. The number of carbonyl (C=O) groups is 1. The molecule has 2 heterocycles. The summed E-state index contributed by atoms with van der Waals surface area (Å²) in [5.41, 5.74) is 0.607. The lowest BCUT2D eigenvalue weighted by atomic mass is 10.2. The first-order valence-corrected chi connectivity index (χ1v) is 8.38. The zero-order chi connectivity index (χ0) is 17.3. The third-order valence-corrected chi connectivity index (χ3v) is 4.46. The van der Waals surface area contributed by atoms with Crippen LogP contribution in [0.15, 0.2) is 33.2 Å². The van der Waals surface area contributed by atoms with E-state index in [4.69, 9.17) is 4.42 Å². The summed E-state index contributed by atoms with van der Waals surface area (Å²) in [6, 6.07) is 7.11. The SMILES string of the molecule is O=C(c1cc2cc(Br)ccc2o1)N1CCCN(CC(F)(F)F)CC1. The predicted molar refractivity (Wildman–Crippen MR) is 86.9 cm³/mol. The molecule has 130 valence electrons. The van der Waals surface area contributed by atoms with E-state index in [-0.39, 0.29) is 24.8 Å². The molecule has 0 unspecified atom stereocenters. The Kier molecular flexibility index (Phi) is 4.87. The third-order valence-electron chi connectivity index (χ3n) is 3.97. The highest BCUT2D eigenvalue weighted by Crippen LogP contribution is 2.24. The molecule has 8 heteroatoms. The van der Waals surface area contributed by atoms with Gasteiger partial charge in [0.05, 0.1) is 6.54 Å². The van der Waals surface area contributed by atoms with Crippen LogP contribution < -0.4 is 0 Å². The average molecular weight is 405 g/mol. The number of hydrogen-bond donors (Lipinski definition) is 0. The molecule has 1 saturated heterocycles. The van der Waals surface area contributed by atoms with Crippen LogP contribution in [0.4, 0.5) is 13.2 Å². The molecule has 0 bridgehead atoms. The topological polar surface area (TPSA) is 36.7 Å². The van der Waals surface area contributed by atoms with Gasteiger partial charge in [-0.3, -0.25) is 9.69 Å². The molecule has 1 aromatic carbocycles. The normalized spacial score (nSPS) is 17.2. The van der Waals surface area contributed by atoms with Gasteiger partial charge < -0.3 is 9.32 Å². The third kappa shape index (κ3) is 4.10. The molecule has 0 atom stereocenters. The molecule has 24 heavy (non-hydrogen) atoms. The standard InChI is InChI=1S/C16H16BrF3N2O2/c17-12-2-3-13-11(8-12)9-14(24-13)15(23)22-5-1-4-21(6-7-22)10-16(18,19)20/h2-3,8-9H,1,4-7,10H2. The van der Waals surface area contributed by atoms with E-state index in [1.165, 1.54) is 4.90 Å². The largest absolute Gasteiger partial charge is 0.451 e. The van der Waals surface area contributed by atoms with E-state index in [9.17, 15) is 18.0 Å². The summed E-state index contributed by atoms with van der Waals surface area (Å²) in [6.07, 6.45) is -3.71. The van der Waals surface area contributed by atoms with E-state index < -0.39 is 12.7 Å². The van der Waals surface area contributed by atoms with Crippen LogP contribution in [0.1, 0.15) is 17.0 Å². The molecular weight excluding hydrogens is 389 g/mol. The molecule has 1 amide bonds. The van der Waals surface area contributed by atoms with Gasteiger partial charge in [-0.15, -0.1) is 0 Å². The fourth-order valence-corrected chi connectivity index (χ4v) is 3.24. The van der Waals surface area contributed by atoms with Crippen molar-refractivity contribution in [3.8, 4) is 0 Å². The van der Waals surface area contributed by atoms with E-state index in [2.05, 4.69) is 15.9 Å². The molecule has 0 aliphatic carbocycles. The molecule has 0 N–H and O–H groups in total. The minimum atomic E-state index is -4.22. The van der Waals surface area contributed by atoms with Gasteiger partial charge >= 0.3 is 6.18 Å². The number of hydrogen-bond acceptors (Lipinski definition) is 3. The summed E-state index contributed by atoms with van der Waals surface area (Å²) in [7, 11) is 0. The highest BCUT2D eigenvalue weighted by atomic mass is 79.9. The minimum absolute atomic E-state index is 0.205. The number of furan rings is 1. The number of alkyl halides is 3. The first-order chi connectivity index (χ1) is 11.3. The number of halogens is 4. The lowest BCUT2D eigenvalue weighted by Gasteiger charge is -2.22. The number of amides is 1. The molecule has 1 fully saturated rings. The van der Waals surface area contributed by atoms with Gasteiger partial charge in [-0.05, 0) is 30.7 Å². The van der Waals surface area contributed by atoms with Gasteiger partial charge in [-0.1, -0.05) is 15.9 Å². The smallest absolute Gasteiger partial charge is 0.401 e. The quantitative estimate of drug-likeness (QED) is 0.761. The van der Waals surface area contributed by atoms with Crippen LogP contribution in [0.2, 0.25) is 0 Å². The van der Waals surface area contributed by atoms with Gasteiger partial charge in [0.2, 0.25) is 0 Å². The monoisotopic (exact) mass is 404 g/mol. The molecule has 0 saturated carbocycles. The van der Waals surface area contributed by atoms with Crippen LogP contribution in [0.25, 0.3) is 11.0 Å². The maximum atomic E-state index is 12.6. The Hall–Kier alpha value is -1.54. The Bertz CT molecular complexity index is 744. The predicted octanol–water partition coefficient (Wildman–Crippen LogP) is 3.91. The van der Waals surface area contributed by atoms with Crippen molar-refractivity contribution in [1.82, 2.24) is 9.80 Å². The zero-order valence-electron chi connectivity index (χ0n) is 12.8. The number of nitrogens with zero attached hydrogens (tertiary/aromatic N) is 2. The number of rotatable bonds is 2. The second-order valence-corrected chi connectivity index (χ2v) is 6.75. The van der Waals surface area contributed by atoms with E-state index in [1.54, 1.807) is 17.0 Å². The van der Waals surface area contributed by atoms with Crippen molar-refractivity contribution < 1.29 is 22.4 Å². The van der Waals surface area contributed by atoms with Crippen LogP contribution >= 0.6 is 15.9 Å². The summed E-state index contributed by atoms with van der Waals surface area (Å²) in [6.45, 7) is 0.282. The van der Waals surface area contributed by atoms with Gasteiger partial charge in [0.1, 0.15) is 5.58 Å². The lowest BCUT2D eigenvalue weighted by molar-refractivity contribution is -0.145. The Morgan fingerprint density at radius 3 is 2.71 bits per heavy atom. The summed E-state index contributed by atoms with van der Waals surface area (Å²) >= 11 is 3.36. The van der Waals surface area contributed by atoms with Crippen LogP contribution in [0.5, 0.6) is 0 Å². The van der Waals surface area contributed by atoms with Crippen molar-refractivity contribution >= 4 is 32.8 Å². The molecule has 4 nitrogen and oxygen atoms in total. The Morgan fingerprint density at radius 1 is 1.17 bits per heavy atom. The fourth-order valence-electron chi connectivity index (χ4n) is 2.86. The van der Waals surface area contributed by atoms with Crippen LogP contribution in [0.3, 0.4) is 0 Å². The maximum Gasteiger partial charge on any atom is 0.401 e. The number of fused-ring (bicyclic) bond motifs is 1. The van der Waals surface area contributed by atoms with Crippen molar-refractivity contribution in [2.24, 2.45) is 0 Å². The Balaban J connectivity index is 1.70. The molecule has 1 aromatic heterocycles. The van der Waals surface area contributed by atoms with Crippen LogP contribution in [-0.2, 0) is 0 Å². The van der Waals surface area contributed by atoms with Crippen LogP contribution in [0, 0.1) is 0 Å². The van der Waals surface area contributed by atoms with E-state index >= 15 is 0 Å². The summed E-state index contributed by atoms with van der Waals surface area (Å²) in [4.78, 5) is 15.5. The molecule has 2 aromatic rings. The molecule has 1 aliphatic heterocycles. The first kappa shape index (κ1) is 17.3. The second kappa shape index (κ2) is 6.76. The van der Waals surface area contributed by atoms with Crippen molar-refractivity contribution in [2.45, 2.75) is 12.6 Å². The summed E-state index contributed by atoms with van der Waals surface area (Å²) < 4.78 is 44.0. The lowest BCUT2D eigenvalue weighted by Crippen LogP contribution is -2.38. The van der Waals surface area contributed by atoms with Crippen LogP contribution in [-0.4, -0.2) is 54.6 Å². The molecular formula is C16H16BrF3N2O2. The van der Waals surface area contributed by atoms with E-state index in [0.717, 1.165) is 9.86 Å². The van der Waals surface area contributed by atoms with Gasteiger partial charge in [0.15, 0.2) is 5.76 Å². The van der Waals surface area contributed by atoms with Gasteiger partial charge in [0.25, 0.3) is 5.91 Å². The van der Waals surface area contributed by atoms with Gasteiger partial charge in [-0.2, -0.15) is 13.2 Å². The highest BCUT2D eigenvalue weighted by molar-refractivity contribution is 9.10. The van der Waals surface area contributed by atoms with Gasteiger partial charge in [0, 0.05) is 36.0 Å². The number of benzene rings is 1. The number of carbonyl (C=O) groups excluding carboxylic acids is 1. The first-order valence-electron chi connectivity index (χ1n) is 7.59. The Morgan fingerprint density at radius 2 is 1.96 bits per heavy atom. The second-order valence-electron chi connectivity index (χ2n) is 5.83. The summed E-state index contributed by atoms with van der Waals surface area (Å²) in [5.74, 6) is -0.0662. The summed E-state index contributed by atoms with van der Waals surface area (Å²) in [5, 5.41) is 0.807. The van der Waals surface area contributed by atoms with Crippen molar-refractivity contribution in [3.63, 3.8) is 0 Å². The molecule has 0 radical (unpaired) electrons. The van der Waals surface area contributed by atoms with E-state index in [1.807, 2.05) is 12.1 Å². The van der Waals surface area contributed by atoms with Crippen molar-refractivity contribution in [2.75, 3.05) is 32.7 Å². The molecule has 3 rings (SSSR count). The van der Waals surface area contributed by atoms with E-state index in [0.29, 0.717) is 25.1 Å². The minimum Gasteiger partial charge on any atom is -0.451 e.